The van der Waals surface area contributed by atoms with Gasteiger partial charge in [0.1, 0.15) is 11.5 Å². The first kappa shape index (κ1) is 10.5. The fourth-order valence-corrected chi connectivity index (χ4v) is 1.51. The second-order valence-corrected chi connectivity index (χ2v) is 3.56. The highest BCUT2D eigenvalue weighted by Crippen LogP contribution is 2.12. The van der Waals surface area contributed by atoms with Crippen molar-refractivity contribution in [1.29, 1.82) is 0 Å². The summed E-state index contributed by atoms with van der Waals surface area (Å²) in [5, 5.41) is 0. The predicted octanol–water partition coefficient (Wildman–Crippen LogP) is 2.76. The van der Waals surface area contributed by atoms with Gasteiger partial charge in [0.25, 0.3) is 0 Å². The van der Waals surface area contributed by atoms with E-state index in [0.717, 1.165) is 5.56 Å². The molecule has 0 fully saturated rings. The molecule has 1 aromatic carbocycles. The molecule has 2 aromatic rings. The molecule has 0 aliphatic heterocycles. The zero-order chi connectivity index (χ0) is 11.5. The SMILES string of the molecule is Cc1cc(F)cc(C(=O)c2ccccn2)c1. The van der Waals surface area contributed by atoms with E-state index in [1.807, 2.05) is 0 Å². The first-order valence-corrected chi connectivity index (χ1v) is 4.90. The lowest BCUT2D eigenvalue weighted by Gasteiger charge is -2.02. The third kappa shape index (κ3) is 2.14. The lowest BCUT2D eigenvalue weighted by Crippen LogP contribution is -2.04. The molecule has 0 N–H and O–H groups in total. The van der Waals surface area contributed by atoms with E-state index in [2.05, 4.69) is 4.98 Å². The van der Waals surface area contributed by atoms with Crippen LogP contribution in [0.2, 0.25) is 0 Å². The van der Waals surface area contributed by atoms with E-state index >= 15 is 0 Å². The summed E-state index contributed by atoms with van der Waals surface area (Å²) in [6, 6.07) is 9.34. The van der Waals surface area contributed by atoms with Crippen LogP contribution in [0.3, 0.4) is 0 Å². The number of carbonyl (C=O) groups is 1. The van der Waals surface area contributed by atoms with Gasteiger partial charge in [0, 0.05) is 11.8 Å². The Morgan fingerprint density at radius 2 is 2.06 bits per heavy atom. The van der Waals surface area contributed by atoms with Gasteiger partial charge in [-0.1, -0.05) is 6.07 Å². The van der Waals surface area contributed by atoms with Crippen molar-refractivity contribution in [2.75, 3.05) is 0 Å². The number of aryl methyl sites for hydroxylation is 1. The van der Waals surface area contributed by atoms with Crippen LogP contribution in [0.5, 0.6) is 0 Å². The zero-order valence-electron chi connectivity index (χ0n) is 8.77. The molecule has 2 rings (SSSR count). The van der Waals surface area contributed by atoms with Crippen molar-refractivity contribution >= 4 is 5.78 Å². The van der Waals surface area contributed by atoms with E-state index in [0.29, 0.717) is 11.3 Å². The molecule has 0 saturated heterocycles. The molecule has 1 aromatic heterocycles. The number of halogens is 1. The average Bonchev–Trinajstić information content (AvgIpc) is 2.28. The van der Waals surface area contributed by atoms with Crippen molar-refractivity contribution in [1.82, 2.24) is 4.98 Å². The molecule has 2 nitrogen and oxygen atoms in total. The standard InChI is InChI=1S/C13H10FNO/c1-9-6-10(8-11(14)7-9)13(16)12-4-2-3-5-15-12/h2-8H,1H3. The van der Waals surface area contributed by atoms with Gasteiger partial charge in [-0.25, -0.2) is 4.39 Å². The Kier molecular flexibility index (Phi) is 2.77. The number of pyridine rings is 1. The van der Waals surface area contributed by atoms with Gasteiger partial charge in [0.15, 0.2) is 0 Å². The third-order valence-corrected chi connectivity index (χ3v) is 2.20. The molecule has 0 bridgehead atoms. The second-order valence-electron chi connectivity index (χ2n) is 3.56. The number of carbonyl (C=O) groups excluding carboxylic acids is 1. The van der Waals surface area contributed by atoms with Crippen molar-refractivity contribution in [3.63, 3.8) is 0 Å². The van der Waals surface area contributed by atoms with Crippen molar-refractivity contribution < 1.29 is 9.18 Å². The van der Waals surface area contributed by atoms with Crippen LogP contribution in [-0.2, 0) is 0 Å². The smallest absolute Gasteiger partial charge is 0.211 e. The van der Waals surface area contributed by atoms with Crippen LogP contribution >= 0.6 is 0 Å². The Balaban J connectivity index is 2.42. The summed E-state index contributed by atoms with van der Waals surface area (Å²) in [5.41, 5.74) is 1.38. The molecule has 3 heteroatoms. The number of benzene rings is 1. The highest BCUT2D eigenvalue weighted by atomic mass is 19.1. The lowest BCUT2D eigenvalue weighted by molar-refractivity contribution is 0.103. The van der Waals surface area contributed by atoms with E-state index in [1.165, 1.54) is 12.1 Å². The van der Waals surface area contributed by atoms with Crippen LogP contribution in [0.4, 0.5) is 4.39 Å². The minimum Gasteiger partial charge on any atom is -0.287 e. The van der Waals surface area contributed by atoms with Gasteiger partial charge >= 0.3 is 0 Å². The Bertz CT molecular complexity index is 502. The largest absolute Gasteiger partial charge is 0.287 e. The van der Waals surface area contributed by atoms with Gasteiger partial charge in [-0.15, -0.1) is 0 Å². The Morgan fingerprint density at radius 1 is 1.25 bits per heavy atom. The van der Waals surface area contributed by atoms with Gasteiger partial charge in [-0.05, 0) is 42.8 Å². The molecule has 0 atom stereocenters. The number of nitrogens with zero attached hydrogens (tertiary/aromatic N) is 1. The summed E-state index contributed by atoms with van der Waals surface area (Å²) < 4.78 is 13.1. The fraction of sp³-hybridized carbons (Fsp3) is 0.0769. The summed E-state index contributed by atoms with van der Waals surface area (Å²) in [6.45, 7) is 1.75. The molecule has 0 radical (unpaired) electrons. The van der Waals surface area contributed by atoms with Gasteiger partial charge in [-0.2, -0.15) is 0 Å². The summed E-state index contributed by atoms with van der Waals surface area (Å²) >= 11 is 0. The fourth-order valence-electron chi connectivity index (χ4n) is 1.51. The Hall–Kier alpha value is -2.03. The molecule has 0 amide bonds. The monoisotopic (exact) mass is 215 g/mol. The summed E-state index contributed by atoms with van der Waals surface area (Å²) in [5.74, 6) is -0.664. The van der Waals surface area contributed by atoms with Gasteiger partial charge < -0.3 is 0 Å². The Labute approximate surface area is 92.8 Å². The summed E-state index contributed by atoms with van der Waals surface area (Å²) in [7, 11) is 0. The first-order chi connectivity index (χ1) is 7.66. The van der Waals surface area contributed by atoms with Crippen molar-refractivity contribution in [3.05, 3.63) is 65.2 Å². The molecule has 0 spiro atoms. The lowest BCUT2D eigenvalue weighted by atomic mass is 10.1. The number of rotatable bonds is 2. The second kappa shape index (κ2) is 4.23. The Morgan fingerprint density at radius 3 is 2.69 bits per heavy atom. The quantitative estimate of drug-likeness (QED) is 0.721. The van der Waals surface area contributed by atoms with E-state index in [4.69, 9.17) is 0 Å². The zero-order valence-corrected chi connectivity index (χ0v) is 8.77. The van der Waals surface area contributed by atoms with Crippen LogP contribution < -0.4 is 0 Å². The van der Waals surface area contributed by atoms with E-state index in [1.54, 1.807) is 37.4 Å². The van der Waals surface area contributed by atoms with Gasteiger partial charge in [-0.3, -0.25) is 9.78 Å². The number of hydrogen-bond acceptors (Lipinski definition) is 2. The third-order valence-electron chi connectivity index (χ3n) is 2.20. The minimum atomic E-state index is -0.403. The molecule has 0 unspecified atom stereocenters. The topological polar surface area (TPSA) is 30.0 Å². The molecule has 0 aliphatic rings. The number of ketones is 1. The molecule has 0 saturated carbocycles. The molecule has 0 aliphatic carbocycles. The van der Waals surface area contributed by atoms with Crippen molar-refractivity contribution in [2.45, 2.75) is 6.92 Å². The highest BCUT2D eigenvalue weighted by molar-refractivity contribution is 6.07. The van der Waals surface area contributed by atoms with Gasteiger partial charge in [0.05, 0.1) is 0 Å². The predicted molar refractivity (Wildman–Crippen MR) is 58.8 cm³/mol. The maximum atomic E-state index is 13.1. The molecule has 80 valence electrons. The maximum absolute atomic E-state index is 13.1. The van der Waals surface area contributed by atoms with Crippen molar-refractivity contribution in [2.24, 2.45) is 0 Å². The first-order valence-electron chi connectivity index (χ1n) is 4.90. The van der Waals surface area contributed by atoms with Crippen LogP contribution in [0.1, 0.15) is 21.6 Å². The molecule has 1 heterocycles. The number of hydrogen-bond donors (Lipinski definition) is 0. The van der Waals surface area contributed by atoms with E-state index in [9.17, 15) is 9.18 Å². The normalized spacial score (nSPS) is 10.1. The summed E-state index contributed by atoms with van der Waals surface area (Å²) in [6.07, 6.45) is 1.54. The van der Waals surface area contributed by atoms with E-state index < -0.39 is 5.82 Å². The van der Waals surface area contributed by atoms with Crippen LogP contribution in [0.25, 0.3) is 0 Å². The van der Waals surface area contributed by atoms with Crippen LogP contribution in [0.15, 0.2) is 42.6 Å². The van der Waals surface area contributed by atoms with Crippen LogP contribution in [0, 0.1) is 12.7 Å². The highest BCUT2D eigenvalue weighted by Gasteiger charge is 2.11. The minimum absolute atomic E-state index is 0.261. The van der Waals surface area contributed by atoms with Crippen molar-refractivity contribution in [3.8, 4) is 0 Å². The maximum Gasteiger partial charge on any atom is 0.211 e. The summed E-state index contributed by atoms with van der Waals surface area (Å²) in [4.78, 5) is 15.9. The van der Waals surface area contributed by atoms with Gasteiger partial charge in [0.2, 0.25) is 5.78 Å². The molecule has 16 heavy (non-hydrogen) atoms. The van der Waals surface area contributed by atoms with E-state index in [-0.39, 0.29) is 5.78 Å². The average molecular weight is 215 g/mol. The molecular formula is C13H10FNO. The number of aromatic nitrogens is 1. The molecular weight excluding hydrogens is 205 g/mol. The van der Waals surface area contributed by atoms with Crippen LogP contribution in [-0.4, -0.2) is 10.8 Å².